The fraction of sp³-hybridized carbons (Fsp3) is 0.211. The van der Waals surface area contributed by atoms with Crippen molar-refractivity contribution in [2.75, 3.05) is 13.2 Å². The Morgan fingerprint density at radius 1 is 1.17 bits per heavy atom. The monoisotopic (exact) mass is 443 g/mol. The summed E-state index contributed by atoms with van der Waals surface area (Å²) in [7, 11) is 0. The van der Waals surface area contributed by atoms with Gasteiger partial charge in [0, 0.05) is 30.9 Å². The molecule has 1 aromatic carbocycles. The molecule has 0 aliphatic heterocycles. The molecule has 0 aliphatic rings. The van der Waals surface area contributed by atoms with Crippen molar-refractivity contribution in [3.8, 4) is 5.75 Å². The summed E-state index contributed by atoms with van der Waals surface area (Å²) in [5.41, 5.74) is 0.124. The lowest BCUT2D eigenvalue weighted by atomic mass is 10.2. The minimum absolute atomic E-state index is 0.152. The van der Waals surface area contributed by atoms with E-state index in [4.69, 9.17) is 27.9 Å². The summed E-state index contributed by atoms with van der Waals surface area (Å²) in [6.07, 6.45) is -1.35. The summed E-state index contributed by atoms with van der Waals surface area (Å²) in [6, 6.07) is 6.97. The van der Waals surface area contributed by atoms with Gasteiger partial charge in [0.25, 0.3) is 18.2 Å². The lowest BCUT2D eigenvalue weighted by molar-refractivity contribution is -0.122. The number of benzene rings is 1. The molecule has 10 heteroatoms. The molecular weight excluding hydrogens is 427 g/mol. The van der Waals surface area contributed by atoms with Gasteiger partial charge >= 0.3 is 0 Å². The maximum absolute atomic E-state index is 12.5. The fourth-order valence-corrected chi connectivity index (χ4v) is 2.40. The van der Waals surface area contributed by atoms with Gasteiger partial charge in [0.15, 0.2) is 6.61 Å². The van der Waals surface area contributed by atoms with E-state index in [9.17, 15) is 18.4 Å². The summed E-state index contributed by atoms with van der Waals surface area (Å²) in [6.45, 7) is 3.63. The number of carbonyl (C=O) groups is 2. The molecule has 0 fully saturated rings. The van der Waals surface area contributed by atoms with E-state index < -0.39 is 23.9 Å². The highest BCUT2D eigenvalue weighted by atomic mass is 35.5. The predicted octanol–water partition coefficient (Wildman–Crippen LogP) is 4.15. The van der Waals surface area contributed by atoms with Crippen LogP contribution in [0.1, 0.15) is 28.9 Å². The van der Waals surface area contributed by atoms with E-state index >= 15 is 0 Å². The molecular formula is C19H17Cl2F2N3O3. The van der Waals surface area contributed by atoms with Crippen LogP contribution in [0, 0.1) is 0 Å². The van der Waals surface area contributed by atoms with Crippen LogP contribution in [0.5, 0.6) is 5.75 Å². The first-order valence-electron chi connectivity index (χ1n) is 8.34. The second-order valence-electron chi connectivity index (χ2n) is 5.79. The van der Waals surface area contributed by atoms with Gasteiger partial charge in [0.2, 0.25) is 0 Å². The number of pyridine rings is 1. The smallest absolute Gasteiger partial charge is 0.280 e. The lowest BCUT2D eigenvalue weighted by Gasteiger charge is -2.11. The van der Waals surface area contributed by atoms with Crippen molar-refractivity contribution in [3.05, 3.63) is 70.1 Å². The third-order valence-corrected chi connectivity index (χ3v) is 4.30. The van der Waals surface area contributed by atoms with Gasteiger partial charge in [-0.15, -0.1) is 0 Å². The van der Waals surface area contributed by atoms with E-state index in [1.807, 2.05) is 0 Å². The molecule has 0 spiro atoms. The normalized spacial score (nSPS) is 10.5. The average Bonchev–Trinajstić information content (AvgIpc) is 2.68. The predicted molar refractivity (Wildman–Crippen MR) is 105 cm³/mol. The molecule has 2 N–H and O–H groups in total. The van der Waals surface area contributed by atoms with Crippen LogP contribution in [-0.4, -0.2) is 29.9 Å². The third kappa shape index (κ3) is 7.32. The standard InChI is InChI=1S/C19H17Cl2F2N3O3/c1-11(26-17(27)10-29-13-3-4-14(20)15(21)8-13)6-7-24-19(28)12-2-5-16(18(22)23)25-9-12/h2-5,8-9,18H,1,6-7,10H2,(H,24,28)(H,26,27). The fourth-order valence-electron chi connectivity index (χ4n) is 2.11. The second-order valence-corrected chi connectivity index (χ2v) is 6.61. The Hall–Kier alpha value is -2.71. The Kier molecular flexibility index (Phi) is 8.35. The molecule has 154 valence electrons. The van der Waals surface area contributed by atoms with Crippen LogP contribution in [0.15, 0.2) is 48.8 Å². The van der Waals surface area contributed by atoms with Crippen LogP contribution in [0.3, 0.4) is 0 Å². The molecule has 29 heavy (non-hydrogen) atoms. The highest BCUT2D eigenvalue weighted by Gasteiger charge is 2.11. The molecule has 0 bridgehead atoms. The SMILES string of the molecule is C=C(CCNC(=O)c1ccc(C(F)F)nc1)NC(=O)COc1ccc(Cl)c(Cl)c1. The molecule has 0 saturated heterocycles. The Balaban J connectivity index is 1.69. The molecule has 0 atom stereocenters. The van der Waals surface area contributed by atoms with Gasteiger partial charge in [0.05, 0.1) is 15.6 Å². The van der Waals surface area contributed by atoms with Crippen molar-refractivity contribution in [1.29, 1.82) is 0 Å². The Labute approximate surface area is 175 Å². The van der Waals surface area contributed by atoms with Gasteiger partial charge in [-0.25, -0.2) is 8.78 Å². The topological polar surface area (TPSA) is 80.3 Å². The van der Waals surface area contributed by atoms with Crippen LogP contribution in [0.2, 0.25) is 10.0 Å². The number of amides is 2. The molecule has 2 aromatic rings. The number of hydrogen-bond acceptors (Lipinski definition) is 4. The van der Waals surface area contributed by atoms with Gasteiger partial charge in [-0.05, 0) is 24.3 Å². The van der Waals surface area contributed by atoms with Crippen LogP contribution >= 0.6 is 23.2 Å². The number of halogens is 4. The van der Waals surface area contributed by atoms with Crippen molar-refractivity contribution in [2.24, 2.45) is 0 Å². The van der Waals surface area contributed by atoms with Crippen LogP contribution in [-0.2, 0) is 4.79 Å². The summed E-state index contributed by atoms with van der Waals surface area (Å²) in [4.78, 5) is 27.3. The number of nitrogens with one attached hydrogen (secondary N) is 2. The Bertz CT molecular complexity index is 893. The van der Waals surface area contributed by atoms with Crippen molar-refractivity contribution in [1.82, 2.24) is 15.6 Å². The van der Waals surface area contributed by atoms with Crippen LogP contribution < -0.4 is 15.4 Å². The second kappa shape index (κ2) is 10.7. The summed E-state index contributed by atoms with van der Waals surface area (Å²) in [5.74, 6) is -0.515. The molecule has 2 amide bonds. The first kappa shape index (κ1) is 22.6. The van der Waals surface area contributed by atoms with Crippen molar-refractivity contribution < 1.29 is 23.1 Å². The zero-order valence-corrected chi connectivity index (χ0v) is 16.6. The van der Waals surface area contributed by atoms with Crippen molar-refractivity contribution in [3.63, 3.8) is 0 Å². The molecule has 0 radical (unpaired) electrons. The number of alkyl halides is 2. The molecule has 0 aliphatic carbocycles. The number of nitrogens with zero attached hydrogens (tertiary/aromatic N) is 1. The Morgan fingerprint density at radius 3 is 2.55 bits per heavy atom. The number of hydrogen-bond donors (Lipinski definition) is 2. The first-order valence-corrected chi connectivity index (χ1v) is 9.09. The maximum Gasteiger partial charge on any atom is 0.280 e. The largest absolute Gasteiger partial charge is 0.484 e. The number of rotatable bonds is 9. The molecule has 1 aromatic heterocycles. The van der Waals surface area contributed by atoms with E-state index in [1.54, 1.807) is 12.1 Å². The summed E-state index contributed by atoms with van der Waals surface area (Å²) >= 11 is 11.7. The van der Waals surface area contributed by atoms with Crippen LogP contribution in [0.4, 0.5) is 8.78 Å². The summed E-state index contributed by atoms with van der Waals surface area (Å²) in [5, 5.41) is 5.81. The highest BCUT2D eigenvalue weighted by molar-refractivity contribution is 6.42. The maximum atomic E-state index is 12.5. The third-order valence-electron chi connectivity index (χ3n) is 3.56. The van der Waals surface area contributed by atoms with Gasteiger partial charge in [-0.1, -0.05) is 29.8 Å². The van der Waals surface area contributed by atoms with Gasteiger partial charge in [0.1, 0.15) is 11.4 Å². The zero-order valence-electron chi connectivity index (χ0n) is 15.1. The Morgan fingerprint density at radius 2 is 1.93 bits per heavy atom. The van der Waals surface area contributed by atoms with E-state index in [2.05, 4.69) is 22.2 Å². The molecule has 0 saturated carbocycles. The average molecular weight is 444 g/mol. The van der Waals surface area contributed by atoms with Gasteiger partial charge < -0.3 is 15.4 Å². The number of carbonyl (C=O) groups excluding carboxylic acids is 2. The molecule has 0 unspecified atom stereocenters. The van der Waals surface area contributed by atoms with E-state index in [0.717, 1.165) is 12.3 Å². The van der Waals surface area contributed by atoms with Gasteiger partial charge in [-0.3, -0.25) is 14.6 Å². The quantitative estimate of drug-likeness (QED) is 0.609. The van der Waals surface area contributed by atoms with Crippen LogP contribution in [0.25, 0.3) is 0 Å². The minimum atomic E-state index is -2.69. The minimum Gasteiger partial charge on any atom is -0.484 e. The molecule has 2 rings (SSSR count). The molecule has 6 nitrogen and oxygen atoms in total. The first-order chi connectivity index (χ1) is 13.8. The number of ether oxygens (including phenoxy) is 1. The van der Waals surface area contributed by atoms with E-state index in [1.165, 1.54) is 12.1 Å². The molecule has 1 heterocycles. The van der Waals surface area contributed by atoms with Gasteiger partial charge in [-0.2, -0.15) is 0 Å². The number of aromatic nitrogens is 1. The van der Waals surface area contributed by atoms with E-state index in [-0.39, 0.29) is 25.1 Å². The van der Waals surface area contributed by atoms with Crippen molar-refractivity contribution in [2.45, 2.75) is 12.8 Å². The summed E-state index contributed by atoms with van der Waals surface area (Å²) < 4.78 is 30.2. The highest BCUT2D eigenvalue weighted by Crippen LogP contribution is 2.26. The lowest BCUT2D eigenvalue weighted by Crippen LogP contribution is -2.31. The van der Waals surface area contributed by atoms with E-state index in [0.29, 0.717) is 21.5 Å². The van der Waals surface area contributed by atoms with Crippen molar-refractivity contribution >= 4 is 35.0 Å². The zero-order chi connectivity index (χ0) is 21.4.